The summed E-state index contributed by atoms with van der Waals surface area (Å²) < 4.78 is 1.49. The number of primary amides is 1. The van der Waals surface area contributed by atoms with Crippen molar-refractivity contribution in [1.29, 1.82) is 0 Å². The molecule has 0 aliphatic rings. The first kappa shape index (κ1) is 10.6. The Morgan fingerprint density at radius 2 is 2.36 bits per heavy atom. The lowest BCUT2D eigenvalue weighted by atomic mass is 10.2. The Morgan fingerprint density at radius 1 is 1.71 bits per heavy atom. The molecular weight excluding hydrogens is 202 g/mol. The van der Waals surface area contributed by atoms with Crippen molar-refractivity contribution in [2.45, 2.75) is 13.5 Å². The van der Waals surface area contributed by atoms with E-state index in [-0.39, 0.29) is 16.8 Å². The van der Waals surface area contributed by atoms with Gasteiger partial charge in [0.1, 0.15) is 11.3 Å². The second kappa shape index (κ2) is 4.14. The molecule has 1 aromatic heterocycles. The minimum atomic E-state index is -0.377. The van der Waals surface area contributed by atoms with Gasteiger partial charge in [-0.2, -0.15) is 0 Å². The molecule has 1 amide bonds. The molecule has 0 bridgehead atoms. The maximum absolute atomic E-state index is 10.8. The molecule has 1 aromatic rings. The quantitative estimate of drug-likeness (QED) is 0.627. The van der Waals surface area contributed by atoms with Crippen LogP contribution in [0.4, 0.5) is 0 Å². The lowest BCUT2D eigenvalue weighted by Gasteiger charge is -2.05. The molecule has 1 rings (SSSR count). The minimum Gasteiger partial charge on any atom is -0.387 e. The summed E-state index contributed by atoms with van der Waals surface area (Å²) in [5, 5.41) is 3.96. The third-order valence-electron chi connectivity index (χ3n) is 1.70. The van der Waals surface area contributed by atoms with E-state index in [1.54, 1.807) is 6.92 Å². The average molecular weight is 213 g/mol. The van der Waals surface area contributed by atoms with Crippen molar-refractivity contribution in [2.75, 3.05) is 0 Å². The van der Waals surface area contributed by atoms with Crippen LogP contribution >= 0.6 is 12.2 Å². The molecule has 0 fully saturated rings. The van der Waals surface area contributed by atoms with Gasteiger partial charge in [-0.05, 0) is 0 Å². The van der Waals surface area contributed by atoms with Crippen LogP contribution in [0.1, 0.15) is 12.7 Å². The maximum atomic E-state index is 10.8. The first-order chi connectivity index (χ1) is 6.50. The van der Waals surface area contributed by atoms with E-state index in [4.69, 9.17) is 11.5 Å². The summed E-state index contributed by atoms with van der Waals surface area (Å²) in [5.74, 6) is -0.370. The van der Waals surface area contributed by atoms with E-state index in [0.29, 0.717) is 12.4 Å². The van der Waals surface area contributed by atoms with Crippen LogP contribution in [0.3, 0.4) is 0 Å². The molecule has 7 heteroatoms. The average Bonchev–Trinajstić information content (AvgIpc) is 2.52. The van der Waals surface area contributed by atoms with Crippen molar-refractivity contribution >= 4 is 23.1 Å². The fraction of sp³-hybridized carbons (Fsp3) is 0.429. The molecular formula is C7H11N5OS. The minimum absolute atomic E-state index is 0.135. The van der Waals surface area contributed by atoms with E-state index >= 15 is 0 Å². The highest BCUT2D eigenvalue weighted by atomic mass is 32.1. The predicted octanol–water partition coefficient (Wildman–Crippen LogP) is -0.966. The molecule has 14 heavy (non-hydrogen) atoms. The Bertz CT molecular complexity index is 361. The van der Waals surface area contributed by atoms with E-state index in [2.05, 4.69) is 22.3 Å². The highest BCUT2D eigenvalue weighted by Crippen LogP contribution is 1.98. The van der Waals surface area contributed by atoms with E-state index in [1.807, 2.05) is 0 Å². The van der Waals surface area contributed by atoms with Gasteiger partial charge in [0.2, 0.25) is 11.7 Å². The molecule has 0 saturated carbocycles. The van der Waals surface area contributed by atoms with Crippen molar-refractivity contribution in [3.63, 3.8) is 0 Å². The fourth-order valence-electron chi connectivity index (χ4n) is 0.866. The van der Waals surface area contributed by atoms with Crippen LogP contribution in [0.15, 0.2) is 6.33 Å². The van der Waals surface area contributed by atoms with E-state index in [0.717, 1.165) is 0 Å². The molecule has 0 aromatic carbocycles. The van der Waals surface area contributed by atoms with Gasteiger partial charge in [0.25, 0.3) is 0 Å². The first-order valence-electron chi connectivity index (χ1n) is 3.99. The van der Waals surface area contributed by atoms with Crippen LogP contribution < -0.4 is 11.5 Å². The normalized spacial score (nSPS) is 12.4. The van der Waals surface area contributed by atoms with Gasteiger partial charge < -0.3 is 11.5 Å². The van der Waals surface area contributed by atoms with E-state index in [9.17, 15) is 4.79 Å². The molecule has 1 atom stereocenters. The molecule has 0 saturated heterocycles. The number of hydrogen-bond donors (Lipinski definition) is 2. The number of aromatic nitrogens is 3. The van der Waals surface area contributed by atoms with Crippen molar-refractivity contribution in [2.24, 2.45) is 17.4 Å². The highest BCUT2D eigenvalue weighted by molar-refractivity contribution is 7.80. The second-order valence-corrected chi connectivity index (χ2v) is 3.40. The first-order valence-corrected chi connectivity index (χ1v) is 4.40. The Morgan fingerprint density at radius 3 is 2.79 bits per heavy atom. The van der Waals surface area contributed by atoms with Gasteiger partial charge in [0, 0.05) is 0 Å². The monoisotopic (exact) mass is 213 g/mol. The van der Waals surface area contributed by atoms with E-state index in [1.165, 1.54) is 11.0 Å². The van der Waals surface area contributed by atoms with Gasteiger partial charge in [-0.1, -0.05) is 19.1 Å². The fourth-order valence-corrected chi connectivity index (χ4v) is 0.960. The molecule has 0 radical (unpaired) electrons. The number of carbonyl (C=O) groups is 1. The highest BCUT2D eigenvalue weighted by Gasteiger charge is 2.11. The molecule has 4 N–H and O–H groups in total. The largest absolute Gasteiger partial charge is 0.387 e. The van der Waals surface area contributed by atoms with Crippen molar-refractivity contribution < 1.29 is 4.79 Å². The van der Waals surface area contributed by atoms with E-state index < -0.39 is 0 Å². The third-order valence-corrected chi connectivity index (χ3v) is 1.89. The lowest BCUT2D eigenvalue weighted by Crippen LogP contribution is -2.25. The van der Waals surface area contributed by atoms with Crippen LogP contribution in [-0.4, -0.2) is 25.7 Å². The van der Waals surface area contributed by atoms with Crippen molar-refractivity contribution in [1.82, 2.24) is 14.8 Å². The smallest absolute Gasteiger partial charge is 0.222 e. The summed E-state index contributed by atoms with van der Waals surface area (Å²) in [6.45, 7) is 2.09. The topological polar surface area (TPSA) is 99.8 Å². The summed E-state index contributed by atoms with van der Waals surface area (Å²) in [7, 11) is 0. The van der Waals surface area contributed by atoms with Crippen molar-refractivity contribution in [3.8, 4) is 0 Å². The summed E-state index contributed by atoms with van der Waals surface area (Å²) >= 11 is 4.69. The van der Waals surface area contributed by atoms with Gasteiger partial charge in [-0.15, -0.1) is 5.10 Å². The number of rotatable bonds is 4. The maximum Gasteiger partial charge on any atom is 0.222 e. The number of carbonyl (C=O) groups excluding carboxylic acids is 1. The number of nitrogens with zero attached hydrogens (tertiary/aromatic N) is 3. The van der Waals surface area contributed by atoms with Crippen LogP contribution in [0.2, 0.25) is 0 Å². The molecule has 1 heterocycles. The molecule has 76 valence electrons. The third kappa shape index (κ3) is 2.49. The second-order valence-electron chi connectivity index (χ2n) is 2.96. The van der Waals surface area contributed by atoms with Crippen LogP contribution in [0.25, 0.3) is 0 Å². The molecule has 1 unspecified atom stereocenters. The van der Waals surface area contributed by atoms with Gasteiger partial charge in [-0.3, -0.25) is 9.48 Å². The summed E-state index contributed by atoms with van der Waals surface area (Å²) in [6, 6.07) is 0. The zero-order valence-electron chi connectivity index (χ0n) is 7.67. The van der Waals surface area contributed by atoms with Gasteiger partial charge in [-0.25, -0.2) is 4.98 Å². The Balaban J connectivity index is 2.69. The Kier molecular flexibility index (Phi) is 3.13. The molecule has 0 aliphatic carbocycles. The van der Waals surface area contributed by atoms with Gasteiger partial charge >= 0.3 is 0 Å². The predicted molar refractivity (Wildman–Crippen MR) is 54.3 cm³/mol. The van der Waals surface area contributed by atoms with Crippen LogP contribution in [0, 0.1) is 5.92 Å². The number of thiocarbonyl (C=S) groups is 1. The Hall–Kier alpha value is -1.50. The molecule has 6 nitrogen and oxygen atoms in total. The zero-order valence-corrected chi connectivity index (χ0v) is 8.49. The summed E-state index contributed by atoms with van der Waals surface area (Å²) in [5.41, 5.74) is 10.4. The number of amides is 1. The Labute approximate surface area is 86.3 Å². The summed E-state index contributed by atoms with van der Waals surface area (Å²) in [6.07, 6.45) is 1.47. The van der Waals surface area contributed by atoms with Crippen molar-refractivity contribution in [3.05, 3.63) is 12.2 Å². The SMILES string of the molecule is CC(Cn1cnc(C(N)=S)n1)C(N)=O. The lowest BCUT2D eigenvalue weighted by molar-refractivity contribution is -0.121. The zero-order chi connectivity index (χ0) is 10.7. The van der Waals surface area contributed by atoms with Crippen LogP contribution in [-0.2, 0) is 11.3 Å². The molecule has 0 aliphatic heterocycles. The standard InChI is InChI=1S/C7H11N5OS/c1-4(5(8)13)2-12-3-10-7(11-12)6(9)14/h3-4H,2H2,1H3,(H2,8,13)(H2,9,14). The van der Waals surface area contributed by atoms with Crippen LogP contribution in [0.5, 0.6) is 0 Å². The number of nitrogens with two attached hydrogens (primary N) is 2. The van der Waals surface area contributed by atoms with Gasteiger partial charge in [0.15, 0.2) is 0 Å². The number of hydrogen-bond acceptors (Lipinski definition) is 4. The molecule has 0 spiro atoms. The summed E-state index contributed by atoms with van der Waals surface area (Å²) in [4.78, 5) is 14.8. The van der Waals surface area contributed by atoms with Gasteiger partial charge in [0.05, 0.1) is 12.5 Å².